The number of thiophene rings is 1. The maximum atomic E-state index is 11.2. The summed E-state index contributed by atoms with van der Waals surface area (Å²) in [6.45, 7) is 3.45. The van der Waals surface area contributed by atoms with Gasteiger partial charge in [-0.15, -0.1) is 11.3 Å². The van der Waals surface area contributed by atoms with Gasteiger partial charge in [0, 0.05) is 4.88 Å². The molecule has 0 spiro atoms. The summed E-state index contributed by atoms with van der Waals surface area (Å²) in [6.07, 6.45) is 0. The molecule has 2 amide bonds. The third-order valence-corrected chi connectivity index (χ3v) is 2.39. The lowest BCUT2D eigenvalue weighted by atomic mass is 10.4. The van der Waals surface area contributed by atoms with Crippen molar-refractivity contribution in [3.63, 3.8) is 0 Å². The number of nitrogens with one attached hydrogen (secondary N) is 2. The van der Waals surface area contributed by atoms with Gasteiger partial charge in [0.1, 0.15) is 5.78 Å². The van der Waals surface area contributed by atoms with Crippen LogP contribution in [-0.2, 0) is 4.79 Å². The van der Waals surface area contributed by atoms with Crippen LogP contribution in [0.15, 0.2) is 12.1 Å². The average Bonchev–Trinajstić information content (AvgIpc) is 2.48. The van der Waals surface area contributed by atoms with Gasteiger partial charge < -0.3 is 5.32 Å². The lowest BCUT2D eigenvalue weighted by Crippen LogP contribution is -2.32. The summed E-state index contributed by atoms with van der Waals surface area (Å²) in [5.41, 5.74) is 0. The van der Waals surface area contributed by atoms with Crippen molar-refractivity contribution in [3.05, 3.63) is 17.0 Å². The molecule has 1 aromatic rings. The topological polar surface area (TPSA) is 58.2 Å². The zero-order valence-corrected chi connectivity index (χ0v) is 8.90. The Morgan fingerprint density at radius 1 is 1.43 bits per heavy atom. The standard InChI is InChI=1S/C9H12N2O2S/c1-6(12)5-10-9(13)11-8-4-3-7(2)14-8/h3-4H,5H2,1-2H3,(H2,10,11,13). The second kappa shape index (κ2) is 4.76. The maximum absolute atomic E-state index is 11.2. The predicted octanol–water partition coefficient (Wildman–Crippen LogP) is 1.77. The average molecular weight is 212 g/mol. The molecular weight excluding hydrogens is 200 g/mol. The number of carbonyl (C=O) groups excluding carboxylic acids is 2. The fraction of sp³-hybridized carbons (Fsp3) is 0.333. The maximum Gasteiger partial charge on any atom is 0.320 e. The van der Waals surface area contributed by atoms with Crippen LogP contribution < -0.4 is 10.6 Å². The van der Waals surface area contributed by atoms with E-state index in [2.05, 4.69) is 10.6 Å². The summed E-state index contributed by atoms with van der Waals surface area (Å²) in [7, 11) is 0. The first-order valence-corrected chi connectivity index (χ1v) is 5.00. The van der Waals surface area contributed by atoms with Crippen molar-refractivity contribution in [3.8, 4) is 0 Å². The van der Waals surface area contributed by atoms with Crippen LogP contribution in [0.4, 0.5) is 9.80 Å². The summed E-state index contributed by atoms with van der Waals surface area (Å²) < 4.78 is 0. The van der Waals surface area contributed by atoms with Gasteiger partial charge in [-0.1, -0.05) is 0 Å². The summed E-state index contributed by atoms with van der Waals surface area (Å²) in [4.78, 5) is 22.9. The van der Waals surface area contributed by atoms with Crippen molar-refractivity contribution < 1.29 is 9.59 Å². The molecular formula is C9H12N2O2S. The molecule has 0 bridgehead atoms. The SMILES string of the molecule is CC(=O)CNC(=O)Nc1ccc(C)s1. The van der Waals surface area contributed by atoms with Crippen LogP contribution in [0.25, 0.3) is 0 Å². The zero-order valence-electron chi connectivity index (χ0n) is 8.09. The Labute approximate surface area is 86.3 Å². The molecule has 4 nitrogen and oxygen atoms in total. The van der Waals surface area contributed by atoms with Gasteiger partial charge >= 0.3 is 6.03 Å². The van der Waals surface area contributed by atoms with E-state index >= 15 is 0 Å². The number of Topliss-reactive ketones (excluding diaryl/α,β-unsaturated/α-hetero) is 1. The summed E-state index contributed by atoms with van der Waals surface area (Å²) in [5, 5.41) is 5.86. The summed E-state index contributed by atoms with van der Waals surface area (Å²) >= 11 is 1.49. The molecule has 0 saturated carbocycles. The minimum Gasteiger partial charge on any atom is -0.331 e. The molecule has 2 N–H and O–H groups in total. The lowest BCUT2D eigenvalue weighted by molar-refractivity contribution is -0.116. The molecule has 1 heterocycles. The molecule has 0 aliphatic heterocycles. The summed E-state index contributed by atoms with van der Waals surface area (Å²) in [5.74, 6) is -0.0671. The number of ketones is 1. The minimum atomic E-state index is -0.345. The monoisotopic (exact) mass is 212 g/mol. The Hall–Kier alpha value is -1.36. The van der Waals surface area contributed by atoms with E-state index in [1.807, 2.05) is 19.1 Å². The molecule has 0 unspecified atom stereocenters. The van der Waals surface area contributed by atoms with Gasteiger partial charge in [-0.3, -0.25) is 10.1 Å². The molecule has 0 fully saturated rings. The van der Waals surface area contributed by atoms with Gasteiger partial charge in [0.25, 0.3) is 0 Å². The smallest absolute Gasteiger partial charge is 0.320 e. The fourth-order valence-corrected chi connectivity index (χ4v) is 1.63. The molecule has 1 aromatic heterocycles. The largest absolute Gasteiger partial charge is 0.331 e. The van der Waals surface area contributed by atoms with E-state index in [1.54, 1.807) is 0 Å². The van der Waals surface area contributed by atoms with E-state index < -0.39 is 0 Å². The second-order valence-corrected chi connectivity index (χ2v) is 4.21. The van der Waals surface area contributed by atoms with E-state index in [1.165, 1.54) is 18.3 Å². The highest BCUT2D eigenvalue weighted by molar-refractivity contribution is 7.16. The Morgan fingerprint density at radius 3 is 2.64 bits per heavy atom. The molecule has 14 heavy (non-hydrogen) atoms. The number of amides is 2. The van der Waals surface area contributed by atoms with Crippen molar-refractivity contribution >= 4 is 28.2 Å². The molecule has 0 radical (unpaired) electrons. The number of hydrogen-bond acceptors (Lipinski definition) is 3. The van der Waals surface area contributed by atoms with Crippen LogP contribution in [0.5, 0.6) is 0 Å². The van der Waals surface area contributed by atoms with Gasteiger partial charge in [-0.2, -0.15) is 0 Å². The van der Waals surface area contributed by atoms with Crippen LogP contribution in [-0.4, -0.2) is 18.4 Å². The normalized spacial score (nSPS) is 9.57. The highest BCUT2D eigenvalue weighted by Crippen LogP contribution is 2.20. The molecule has 76 valence electrons. The quantitative estimate of drug-likeness (QED) is 0.802. The zero-order chi connectivity index (χ0) is 10.6. The van der Waals surface area contributed by atoms with Crippen LogP contribution in [0.3, 0.4) is 0 Å². The molecule has 0 atom stereocenters. The van der Waals surface area contributed by atoms with E-state index in [0.29, 0.717) is 0 Å². The highest BCUT2D eigenvalue weighted by Gasteiger charge is 2.03. The molecule has 5 heteroatoms. The Balaban J connectivity index is 2.37. The number of aryl methyl sites for hydroxylation is 1. The van der Waals surface area contributed by atoms with Crippen LogP contribution in [0.2, 0.25) is 0 Å². The molecule has 0 saturated heterocycles. The molecule has 0 aromatic carbocycles. The van der Waals surface area contributed by atoms with Crippen LogP contribution in [0.1, 0.15) is 11.8 Å². The van der Waals surface area contributed by atoms with E-state index in [9.17, 15) is 9.59 Å². The first kappa shape index (κ1) is 10.7. The molecule has 0 aliphatic carbocycles. The Morgan fingerprint density at radius 2 is 2.14 bits per heavy atom. The van der Waals surface area contributed by atoms with Gasteiger partial charge in [0.15, 0.2) is 0 Å². The number of hydrogen-bond donors (Lipinski definition) is 2. The minimum absolute atomic E-state index is 0.0657. The number of urea groups is 1. The van der Waals surface area contributed by atoms with E-state index in [4.69, 9.17) is 0 Å². The first-order chi connectivity index (χ1) is 6.58. The first-order valence-electron chi connectivity index (χ1n) is 4.18. The fourth-order valence-electron chi connectivity index (χ4n) is 0.863. The van der Waals surface area contributed by atoms with Crippen molar-refractivity contribution in [2.24, 2.45) is 0 Å². The highest BCUT2D eigenvalue weighted by atomic mass is 32.1. The second-order valence-electron chi connectivity index (χ2n) is 2.92. The number of anilines is 1. The Kier molecular flexibility index (Phi) is 3.64. The Bertz CT molecular complexity index is 346. The summed E-state index contributed by atoms with van der Waals surface area (Å²) in [6, 6.07) is 3.40. The number of carbonyl (C=O) groups is 2. The van der Waals surface area contributed by atoms with Gasteiger partial charge in [0.05, 0.1) is 11.5 Å². The van der Waals surface area contributed by atoms with Crippen LogP contribution >= 0.6 is 11.3 Å². The molecule has 1 rings (SSSR count). The van der Waals surface area contributed by atoms with E-state index in [-0.39, 0.29) is 18.4 Å². The third kappa shape index (κ3) is 3.57. The van der Waals surface area contributed by atoms with E-state index in [0.717, 1.165) is 9.88 Å². The van der Waals surface area contributed by atoms with Gasteiger partial charge in [-0.25, -0.2) is 4.79 Å². The van der Waals surface area contributed by atoms with Crippen molar-refractivity contribution in [2.45, 2.75) is 13.8 Å². The van der Waals surface area contributed by atoms with Crippen molar-refractivity contribution in [1.29, 1.82) is 0 Å². The van der Waals surface area contributed by atoms with Gasteiger partial charge in [0.2, 0.25) is 0 Å². The predicted molar refractivity (Wildman–Crippen MR) is 56.8 cm³/mol. The van der Waals surface area contributed by atoms with Crippen molar-refractivity contribution in [1.82, 2.24) is 5.32 Å². The molecule has 0 aliphatic rings. The van der Waals surface area contributed by atoms with Crippen molar-refractivity contribution in [2.75, 3.05) is 11.9 Å². The van der Waals surface area contributed by atoms with Crippen LogP contribution in [0, 0.1) is 6.92 Å². The third-order valence-electron chi connectivity index (χ3n) is 1.47. The lowest BCUT2D eigenvalue weighted by Gasteiger charge is -2.02. The van der Waals surface area contributed by atoms with Gasteiger partial charge in [-0.05, 0) is 26.0 Å². The number of rotatable bonds is 3.